The van der Waals surface area contributed by atoms with Crippen LogP contribution in [0.3, 0.4) is 0 Å². The molecule has 1 aliphatic rings. The van der Waals surface area contributed by atoms with Gasteiger partial charge in [-0.05, 0) is 62.4 Å². The molecule has 0 radical (unpaired) electrons. The zero-order chi connectivity index (χ0) is 24.8. The highest BCUT2D eigenvalue weighted by atomic mass is 35.5. The van der Waals surface area contributed by atoms with E-state index in [1.807, 2.05) is 25.1 Å². The summed E-state index contributed by atoms with van der Waals surface area (Å²) in [6.45, 7) is 5.62. The van der Waals surface area contributed by atoms with Gasteiger partial charge in [0.1, 0.15) is 12.6 Å². The molecule has 1 fully saturated rings. The number of ether oxygens (including phenoxy) is 3. The Bertz CT molecular complexity index is 1140. The summed E-state index contributed by atoms with van der Waals surface area (Å²) in [5.74, 6) is -0.506. The van der Waals surface area contributed by atoms with Crippen LogP contribution in [0.2, 0.25) is 10.0 Å². The molecule has 2 aromatic carbocycles. The average Bonchev–Trinajstić information content (AvgIpc) is 3.06. The van der Waals surface area contributed by atoms with Crippen molar-refractivity contribution in [2.24, 2.45) is 0 Å². The van der Waals surface area contributed by atoms with Gasteiger partial charge in [0.05, 0.1) is 23.1 Å². The van der Waals surface area contributed by atoms with Crippen LogP contribution >= 0.6 is 35.0 Å². The number of carbonyl (C=O) groups is 3. The van der Waals surface area contributed by atoms with E-state index >= 15 is 0 Å². The Balaban J connectivity index is 1.86. The van der Waals surface area contributed by atoms with Crippen molar-refractivity contribution in [3.63, 3.8) is 0 Å². The van der Waals surface area contributed by atoms with Crippen LogP contribution in [-0.2, 0) is 20.9 Å². The minimum atomic E-state index is -1.03. The van der Waals surface area contributed by atoms with Crippen molar-refractivity contribution in [1.82, 2.24) is 4.90 Å². The molecule has 3 rings (SSSR count). The van der Waals surface area contributed by atoms with Gasteiger partial charge >= 0.3 is 5.97 Å². The van der Waals surface area contributed by atoms with Crippen molar-refractivity contribution in [2.75, 3.05) is 13.2 Å². The maximum Gasteiger partial charge on any atom is 0.329 e. The summed E-state index contributed by atoms with van der Waals surface area (Å²) in [7, 11) is 0. The normalized spacial score (nSPS) is 15.6. The van der Waals surface area contributed by atoms with E-state index in [1.54, 1.807) is 25.1 Å². The first-order chi connectivity index (χ1) is 16.3. The summed E-state index contributed by atoms with van der Waals surface area (Å²) in [4.78, 5) is 38.3. The Morgan fingerprint density at radius 1 is 1.09 bits per heavy atom. The molecule has 0 spiro atoms. The molecule has 2 aromatic rings. The number of esters is 1. The molecule has 2 amide bonds. The van der Waals surface area contributed by atoms with Crippen LogP contribution < -0.4 is 9.47 Å². The molecule has 7 nitrogen and oxygen atoms in total. The summed E-state index contributed by atoms with van der Waals surface area (Å²) in [6, 6.07) is 9.54. The molecule has 1 aliphatic heterocycles. The summed E-state index contributed by atoms with van der Waals surface area (Å²) < 4.78 is 16.5. The molecule has 0 saturated carbocycles. The smallest absolute Gasteiger partial charge is 0.329 e. The molecule has 1 saturated heterocycles. The molecule has 180 valence electrons. The zero-order valence-electron chi connectivity index (χ0n) is 18.8. The highest BCUT2D eigenvalue weighted by Crippen LogP contribution is 2.40. The number of benzene rings is 2. The van der Waals surface area contributed by atoms with E-state index in [0.29, 0.717) is 28.7 Å². The minimum Gasteiger partial charge on any atom is -0.490 e. The number of nitrogens with zero attached hydrogens (tertiary/aromatic N) is 1. The summed E-state index contributed by atoms with van der Waals surface area (Å²) in [6.07, 6.45) is 1.52. The minimum absolute atomic E-state index is 0.152. The lowest BCUT2D eigenvalue weighted by molar-refractivity contribution is -0.150. The van der Waals surface area contributed by atoms with Crippen molar-refractivity contribution >= 4 is 58.2 Å². The second-order valence-corrected chi connectivity index (χ2v) is 8.93. The maximum atomic E-state index is 12.8. The number of rotatable bonds is 9. The van der Waals surface area contributed by atoms with E-state index in [1.165, 1.54) is 13.0 Å². The Morgan fingerprint density at radius 2 is 1.82 bits per heavy atom. The van der Waals surface area contributed by atoms with Crippen molar-refractivity contribution in [3.8, 4) is 11.5 Å². The van der Waals surface area contributed by atoms with Crippen LogP contribution in [0.5, 0.6) is 11.5 Å². The van der Waals surface area contributed by atoms with Gasteiger partial charge in [-0.25, -0.2) is 4.79 Å². The highest BCUT2D eigenvalue weighted by molar-refractivity contribution is 8.18. The van der Waals surface area contributed by atoms with Crippen LogP contribution in [0.1, 0.15) is 31.9 Å². The van der Waals surface area contributed by atoms with E-state index < -0.39 is 23.2 Å². The van der Waals surface area contributed by atoms with Gasteiger partial charge in [-0.15, -0.1) is 0 Å². The quantitative estimate of drug-likeness (QED) is 0.296. The lowest BCUT2D eigenvalue weighted by atomic mass is 10.1. The fourth-order valence-corrected chi connectivity index (χ4v) is 4.55. The molecule has 1 atom stereocenters. The Labute approximate surface area is 211 Å². The Hall–Kier alpha value is -2.68. The SMILES string of the molecule is CCOC(=O)[C@H](C)N1C(=O)S/C(=C/c2cc(Cl)c(OCc3ccccc3Cl)c(OCC)c2)C1=O. The highest BCUT2D eigenvalue weighted by Gasteiger charge is 2.41. The first-order valence-electron chi connectivity index (χ1n) is 10.5. The monoisotopic (exact) mass is 523 g/mol. The topological polar surface area (TPSA) is 82.1 Å². The first kappa shape index (κ1) is 25.9. The lowest BCUT2D eigenvalue weighted by Gasteiger charge is -2.19. The standard InChI is InChI=1S/C24H23Cl2NO6S/c1-4-31-19-11-15(10-18(26)21(19)33-13-16-8-6-7-9-17(16)25)12-20-22(28)27(24(30)34-20)14(3)23(29)32-5-2/h6-12,14H,4-5,13H2,1-3H3/b20-12+/t14-/m0/s1. The summed E-state index contributed by atoms with van der Waals surface area (Å²) in [5.41, 5.74) is 1.32. The van der Waals surface area contributed by atoms with Crippen LogP contribution in [0, 0.1) is 0 Å². The van der Waals surface area contributed by atoms with Crippen LogP contribution in [0.25, 0.3) is 6.08 Å². The molecular weight excluding hydrogens is 501 g/mol. The van der Waals surface area contributed by atoms with E-state index in [-0.39, 0.29) is 23.1 Å². The Morgan fingerprint density at radius 3 is 2.50 bits per heavy atom. The van der Waals surface area contributed by atoms with E-state index in [9.17, 15) is 14.4 Å². The molecule has 0 N–H and O–H groups in total. The molecular formula is C24H23Cl2NO6S. The number of thioether (sulfide) groups is 1. The van der Waals surface area contributed by atoms with Crippen molar-refractivity contribution in [3.05, 3.63) is 62.5 Å². The van der Waals surface area contributed by atoms with Gasteiger partial charge in [0.25, 0.3) is 11.1 Å². The molecule has 10 heteroatoms. The third kappa shape index (κ3) is 5.87. The van der Waals surface area contributed by atoms with Gasteiger partial charge < -0.3 is 14.2 Å². The predicted octanol–water partition coefficient (Wildman–Crippen LogP) is 5.96. The molecule has 1 heterocycles. The molecule has 0 aromatic heterocycles. The fourth-order valence-electron chi connectivity index (χ4n) is 3.17. The van der Waals surface area contributed by atoms with Gasteiger partial charge in [0.15, 0.2) is 11.5 Å². The van der Waals surface area contributed by atoms with Crippen molar-refractivity contribution < 1.29 is 28.6 Å². The first-order valence-corrected chi connectivity index (χ1v) is 12.1. The van der Waals surface area contributed by atoms with Gasteiger partial charge in [-0.3, -0.25) is 14.5 Å². The van der Waals surface area contributed by atoms with E-state index in [0.717, 1.165) is 22.2 Å². The molecule has 34 heavy (non-hydrogen) atoms. The zero-order valence-corrected chi connectivity index (χ0v) is 21.1. The van der Waals surface area contributed by atoms with Gasteiger partial charge in [0, 0.05) is 10.6 Å². The van der Waals surface area contributed by atoms with Gasteiger partial charge in [-0.1, -0.05) is 41.4 Å². The van der Waals surface area contributed by atoms with Crippen molar-refractivity contribution in [2.45, 2.75) is 33.4 Å². The predicted molar refractivity (Wildman–Crippen MR) is 132 cm³/mol. The van der Waals surface area contributed by atoms with Crippen LogP contribution in [0.4, 0.5) is 4.79 Å². The second kappa shape index (κ2) is 11.6. The second-order valence-electron chi connectivity index (χ2n) is 7.12. The van der Waals surface area contributed by atoms with Gasteiger partial charge in [0.2, 0.25) is 0 Å². The lowest BCUT2D eigenvalue weighted by Crippen LogP contribution is -2.42. The maximum absolute atomic E-state index is 12.8. The van der Waals surface area contributed by atoms with Gasteiger partial charge in [-0.2, -0.15) is 0 Å². The van der Waals surface area contributed by atoms with E-state index in [2.05, 4.69) is 0 Å². The number of hydrogen-bond acceptors (Lipinski definition) is 7. The third-order valence-corrected chi connectivity index (χ3v) is 6.33. The third-order valence-electron chi connectivity index (χ3n) is 4.80. The number of halogens is 2. The number of carbonyl (C=O) groups excluding carboxylic acids is 3. The van der Waals surface area contributed by atoms with Crippen LogP contribution in [-0.4, -0.2) is 41.3 Å². The molecule has 0 aliphatic carbocycles. The van der Waals surface area contributed by atoms with E-state index in [4.69, 9.17) is 37.4 Å². The number of imide groups is 1. The Kier molecular flexibility index (Phi) is 8.88. The number of hydrogen-bond donors (Lipinski definition) is 0. The summed E-state index contributed by atoms with van der Waals surface area (Å²) in [5, 5.41) is 0.289. The molecule has 0 bridgehead atoms. The van der Waals surface area contributed by atoms with Crippen LogP contribution in [0.15, 0.2) is 41.3 Å². The fraction of sp³-hybridized carbons (Fsp3) is 0.292. The molecule has 0 unspecified atom stereocenters. The largest absolute Gasteiger partial charge is 0.490 e. The summed E-state index contributed by atoms with van der Waals surface area (Å²) >= 11 is 13.4. The van der Waals surface area contributed by atoms with Crippen molar-refractivity contribution in [1.29, 1.82) is 0 Å². The number of amides is 2. The average molecular weight is 524 g/mol.